The van der Waals surface area contributed by atoms with E-state index in [0.717, 1.165) is 5.56 Å². The van der Waals surface area contributed by atoms with Crippen LogP contribution in [0.4, 0.5) is 0 Å². The molecule has 0 aliphatic heterocycles. The van der Waals surface area contributed by atoms with Gasteiger partial charge in [-0.1, -0.05) is 12.1 Å². The van der Waals surface area contributed by atoms with E-state index in [0.29, 0.717) is 17.8 Å². The molecule has 1 aromatic heterocycles. The monoisotopic (exact) mass is 258 g/mol. The summed E-state index contributed by atoms with van der Waals surface area (Å²) in [6, 6.07) is 7.73. The molecule has 19 heavy (non-hydrogen) atoms. The van der Waals surface area contributed by atoms with Gasteiger partial charge in [0.05, 0.1) is 12.3 Å². The second kappa shape index (κ2) is 5.36. The summed E-state index contributed by atoms with van der Waals surface area (Å²) in [4.78, 5) is 11.9. The van der Waals surface area contributed by atoms with Crippen LogP contribution in [0.5, 0.6) is 0 Å². The van der Waals surface area contributed by atoms with Crippen LogP contribution in [-0.2, 0) is 13.2 Å². The van der Waals surface area contributed by atoms with Gasteiger partial charge in [0, 0.05) is 17.7 Å². The fourth-order valence-corrected chi connectivity index (χ4v) is 1.97. The van der Waals surface area contributed by atoms with Gasteiger partial charge < -0.3 is 5.11 Å². The first-order chi connectivity index (χ1) is 9.06. The normalized spacial score (nSPS) is 10.7. The molecule has 1 heterocycles. The Morgan fingerprint density at radius 2 is 1.95 bits per heavy atom. The number of hydrogen-bond acceptors (Lipinski definition) is 3. The Morgan fingerprint density at radius 1 is 1.21 bits per heavy atom. The van der Waals surface area contributed by atoms with Crippen molar-refractivity contribution in [2.45, 2.75) is 33.9 Å². The molecule has 0 atom stereocenters. The van der Waals surface area contributed by atoms with Crippen LogP contribution in [0.3, 0.4) is 0 Å². The number of rotatable bonds is 3. The van der Waals surface area contributed by atoms with Crippen LogP contribution in [0.25, 0.3) is 11.3 Å². The van der Waals surface area contributed by atoms with Crippen molar-refractivity contribution in [3.63, 3.8) is 0 Å². The Morgan fingerprint density at radius 3 is 2.53 bits per heavy atom. The van der Waals surface area contributed by atoms with E-state index in [9.17, 15) is 9.90 Å². The molecule has 0 fully saturated rings. The minimum Gasteiger partial charge on any atom is -0.391 e. The molecule has 1 N–H and O–H groups in total. The first-order valence-electron chi connectivity index (χ1n) is 6.36. The van der Waals surface area contributed by atoms with Gasteiger partial charge in [-0.25, -0.2) is 4.68 Å². The average Bonchev–Trinajstić information content (AvgIpc) is 2.42. The third-order valence-electron chi connectivity index (χ3n) is 3.32. The Balaban J connectivity index is 2.61. The minimum absolute atomic E-state index is 0.224. The first kappa shape index (κ1) is 13.5. The van der Waals surface area contributed by atoms with E-state index in [1.165, 1.54) is 15.8 Å². The molecule has 4 nitrogen and oxygen atoms in total. The van der Waals surface area contributed by atoms with Gasteiger partial charge in [-0.3, -0.25) is 4.79 Å². The molecule has 0 bridgehead atoms. The van der Waals surface area contributed by atoms with Crippen molar-refractivity contribution < 1.29 is 5.11 Å². The third-order valence-corrected chi connectivity index (χ3v) is 3.32. The fourth-order valence-electron chi connectivity index (χ4n) is 1.97. The molecule has 0 amide bonds. The Hall–Kier alpha value is -1.94. The van der Waals surface area contributed by atoms with Crippen LogP contribution in [0.15, 0.2) is 29.1 Å². The van der Waals surface area contributed by atoms with Gasteiger partial charge in [-0.2, -0.15) is 5.10 Å². The van der Waals surface area contributed by atoms with Crippen LogP contribution in [0, 0.1) is 13.8 Å². The average molecular weight is 258 g/mol. The van der Waals surface area contributed by atoms with Crippen LogP contribution in [0.2, 0.25) is 0 Å². The largest absolute Gasteiger partial charge is 0.391 e. The summed E-state index contributed by atoms with van der Waals surface area (Å²) in [5, 5.41) is 13.6. The molecule has 2 aromatic rings. The van der Waals surface area contributed by atoms with Crippen molar-refractivity contribution in [2.24, 2.45) is 0 Å². The van der Waals surface area contributed by atoms with Gasteiger partial charge in [-0.05, 0) is 44.0 Å². The van der Waals surface area contributed by atoms with E-state index in [4.69, 9.17) is 0 Å². The number of aryl methyl sites for hydroxylation is 3. The van der Waals surface area contributed by atoms with Gasteiger partial charge in [0.25, 0.3) is 5.56 Å². The third kappa shape index (κ3) is 2.58. The number of aliphatic hydroxyl groups excluding tert-OH is 1. The summed E-state index contributed by atoms with van der Waals surface area (Å²) in [6.07, 6.45) is 0. The second-order valence-corrected chi connectivity index (χ2v) is 4.63. The minimum atomic E-state index is -0.265. The van der Waals surface area contributed by atoms with E-state index < -0.39 is 0 Å². The van der Waals surface area contributed by atoms with Crippen molar-refractivity contribution in [2.75, 3.05) is 0 Å². The van der Waals surface area contributed by atoms with E-state index in [1.54, 1.807) is 6.07 Å². The van der Waals surface area contributed by atoms with Crippen LogP contribution >= 0.6 is 0 Å². The highest BCUT2D eigenvalue weighted by molar-refractivity contribution is 5.61. The maximum atomic E-state index is 11.9. The molecule has 0 saturated carbocycles. The highest BCUT2D eigenvalue weighted by atomic mass is 16.3. The van der Waals surface area contributed by atoms with Gasteiger partial charge in [0.2, 0.25) is 0 Å². The first-order valence-corrected chi connectivity index (χ1v) is 6.36. The van der Waals surface area contributed by atoms with Crippen LogP contribution in [-0.4, -0.2) is 14.9 Å². The van der Waals surface area contributed by atoms with Crippen molar-refractivity contribution >= 4 is 0 Å². The number of nitrogens with zero attached hydrogens (tertiary/aromatic N) is 2. The van der Waals surface area contributed by atoms with Crippen molar-refractivity contribution in [1.82, 2.24) is 9.78 Å². The second-order valence-electron chi connectivity index (χ2n) is 4.63. The summed E-state index contributed by atoms with van der Waals surface area (Å²) < 4.78 is 1.38. The van der Waals surface area contributed by atoms with Crippen molar-refractivity contribution in [3.8, 4) is 11.3 Å². The van der Waals surface area contributed by atoms with E-state index in [1.807, 2.05) is 32.0 Å². The molecule has 2 rings (SSSR count). The molecule has 0 spiro atoms. The standard InChI is InChI=1S/C15H18N2O2/c1-4-17-15(19)13(9-18)8-14(16-17)12-6-5-10(2)11(3)7-12/h5-8,18H,4,9H2,1-3H3. The van der Waals surface area contributed by atoms with Gasteiger partial charge in [0.15, 0.2) is 0 Å². The summed E-state index contributed by atoms with van der Waals surface area (Å²) in [7, 11) is 0. The molecule has 100 valence electrons. The summed E-state index contributed by atoms with van der Waals surface area (Å²) >= 11 is 0. The molecule has 0 unspecified atom stereocenters. The molecule has 4 heteroatoms. The lowest BCUT2D eigenvalue weighted by molar-refractivity contribution is 0.278. The highest BCUT2D eigenvalue weighted by Crippen LogP contribution is 2.20. The molecule has 0 saturated heterocycles. The highest BCUT2D eigenvalue weighted by Gasteiger charge is 2.09. The molecule has 0 aliphatic rings. The topological polar surface area (TPSA) is 55.1 Å². The van der Waals surface area contributed by atoms with Crippen molar-refractivity contribution in [1.29, 1.82) is 0 Å². The number of aliphatic hydroxyl groups is 1. The summed E-state index contributed by atoms with van der Waals surface area (Å²) in [5.74, 6) is 0. The maximum absolute atomic E-state index is 11.9. The van der Waals surface area contributed by atoms with Crippen molar-refractivity contribution in [3.05, 3.63) is 51.3 Å². The Kier molecular flexibility index (Phi) is 3.81. The van der Waals surface area contributed by atoms with Crippen LogP contribution < -0.4 is 5.56 Å². The molecular weight excluding hydrogens is 240 g/mol. The number of aromatic nitrogens is 2. The lowest BCUT2D eigenvalue weighted by Gasteiger charge is -2.09. The van der Waals surface area contributed by atoms with E-state index in [-0.39, 0.29) is 12.2 Å². The zero-order chi connectivity index (χ0) is 14.0. The number of benzene rings is 1. The number of hydrogen-bond donors (Lipinski definition) is 1. The molecule has 1 aromatic carbocycles. The fraction of sp³-hybridized carbons (Fsp3) is 0.333. The summed E-state index contributed by atoms with van der Waals surface area (Å²) in [5.41, 5.74) is 4.23. The lowest BCUT2D eigenvalue weighted by Crippen LogP contribution is -2.26. The smallest absolute Gasteiger partial charge is 0.272 e. The maximum Gasteiger partial charge on any atom is 0.272 e. The van der Waals surface area contributed by atoms with Gasteiger partial charge in [0.1, 0.15) is 0 Å². The zero-order valence-corrected chi connectivity index (χ0v) is 11.5. The molecular formula is C15H18N2O2. The Bertz CT molecular complexity index is 631. The van der Waals surface area contributed by atoms with Gasteiger partial charge >= 0.3 is 0 Å². The predicted molar refractivity (Wildman–Crippen MR) is 75.0 cm³/mol. The predicted octanol–water partition coefficient (Wildman–Crippen LogP) is 2.04. The van der Waals surface area contributed by atoms with Crippen LogP contribution in [0.1, 0.15) is 23.6 Å². The lowest BCUT2D eigenvalue weighted by atomic mass is 10.0. The SMILES string of the molecule is CCn1nc(-c2ccc(C)c(C)c2)cc(CO)c1=O. The van der Waals surface area contributed by atoms with E-state index >= 15 is 0 Å². The summed E-state index contributed by atoms with van der Waals surface area (Å²) in [6.45, 7) is 6.18. The van der Waals surface area contributed by atoms with E-state index in [2.05, 4.69) is 12.0 Å². The van der Waals surface area contributed by atoms with Gasteiger partial charge in [-0.15, -0.1) is 0 Å². The molecule has 0 aliphatic carbocycles. The molecule has 0 radical (unpaired) electrons. The quantitative estimate of drug-likeness (QED) is 0.916. The zero-order valence-electron chi connectivity index (χ0n) is 11.5. The Labute approximate surface area is 112 Å².